The zero-order chi connectivity index (χ0) is 14.8. The second kappa shape index (κ2) is 5.85. The number of aromatic carboxylic acids is 1. The predicted molar refractivity (Wildman–Crippen MR) is 80.6 cm³/mol. The summed E-state index contributed by atoms with van der Waals surface area (Å²) in [5, 5.41) is 9.28. The molecular weight excluding hydrogens is 266 g/mol. The molecule has 5 heteroatoms. The fourth-order valence-electron chi connectivity index (χ4n) is 3.37. The molecule has 1 fully saturated rings. The number of rotatable bonds is 4. The third-order valence-electron chi connectivity index (χ3n) is 4.28. The van der Waals surface area contributed by atoms with E-state index in [1.807, 2.05) is 6.07 Å². The van der Waals surface area contributed by atoms with Crippen LogP contribution in [0.4, 0.5) is 0 Å². The van der Waals surface area contributed by atoms with Crippen molar-refractivity contribution in [2.24, 2.45) is 0 Å². The minimum Gasteiger partial charge on any atom is -0.477 e. The van der Waals surface area contributed by atoms with Gasteiger partial charge in [0, 0.05) is 24.0 Å². The molecule has 0 amide bonds. The molecule has 21 heavy (non-hydrogen) atoms. The Bertz CT molecular complexity index is 648. The van der Waals surface area contributed by atoms with E-state index in [0.29, 0.717) is 6.04 Å². The van der Waals surface area contributed by atoms with Crippen molar-refractivity contribution < 1.29 is 9.90 Å². The van der Waals surface area contributed by atoms with Crippen LogP contribution in [0, 0.1) is 0 Å². The number of hydrogen-bond acceptors (Lipinski definition) is 3. The number of carboxylic acid groups (broad SMARTS) is 1. The number of nitrogens with zero attached hydrogens (tertiary/aromatic N) is 3. The zero-order valence-electron chi connectivity index (χ0n) is 12.3. The lowest BCUT2D eigenvalue weighted by Gasteiger charge is -2.36. The van der Waals surface area contributed by atoms with Gasteiger partial charge < -0.3 is 5.11 Å². The summed E-state index contributed by atoms with van der Waals surface area (Å²) in [6.07, 6.45) is 8.13. The number of likely N-dealkylation sites (tertiary alicyclic amines) is 1. The van der Waals surface area contributed by atoms with Gasteiger partial charge in [0.1, 0.15) is 11.3 Å². The topological polar surface area (TPSA) is 57.8 Å². The molecule has 0 aliphatic carbocycles. The Kier molecular flexibility index (Phi) is 3.92. The second-order valence-corrected chi connectivity index (χ2v) is 5.65. The summed E-state index contributed by atoms with van der Waals surface area (Å²) in [5.74, 6) is -0.918. The van der Waals surface area contributed by atoms with E-state index in [0.717, 1.165) is 37.1 Å². The Morgan fingerprint density at radius 3 is 3.05 bits per heavy atom. The van der Waals surface area contributed by atoms with E-state index in [2.05, 4.69) is 16.8 Å². The molecule has 5 nitrogen and oxygen atoms in total. The monoisotopic (exact) mass is 287 g/mol. The smallest absolute Gasteiger partial charge is 0.352 e. The molecule has 1 saturated heterocycles. The summed E-state index contributed by atoms with van der Waals surface area (Å²) in [7, 11) is 0. The third kappa shape index (κ3) is 2.53. The fourth-order valence-corrected chi connectivity index (χ4v) is 3.37. The first-order valence-corrected chi connectivity index (χ1v) is 7.65. The van der Waals surface area contributed by atoms with Crippen LogP contribution in [0.2, 0.25) is 0 Å². The average Bonchev–Trinajstić information content (AvgIpc) is 2.96. The minimum atomic E-state index is -0.918. The van der Waals surface area contributed by atoms with Gasteiger partial charge in [0.2, 0.25) is 0 Å². The Hall–Kier alpha value is -1.88. The van der Waals surface area contributed by atoms with Crippen LogP contribution in [0.25, 0.3) is 5.65 Å². The highest BCUT2D eigenvalue weighted by Gasteiger charge is 2.26. The highest BCUT2D eigenvalue weighted by atomic mass is 16.4. The highest BCUT2D eigenvalue weighted by molar-refractivity contribution is 5.86. The number of imidazole rings is 1. The number of aromatic nitrogens is 2. The summed E-state index contributed by atoms with van der Waals surface area (Å²) in [6, 6.07) is 4.00. The summed E-state index contributed by atoms with van der Waals surface area (Å²) >= 11 is 0. The largest absolute Gasteiger partial charge is 0.477 e. The standard InChI is InChI=1S/C16H21N3O2/c1-2-9-18-10-4-3-5-13(18)12-6-7-14(16(20)21)19-11-8-17-15(12)19/h6-8,11,13H,2-5,9-10H2,1H3,(H,20,21). The van der Waals surface area contributed by atoms with Gasteiger partial charge in [0.15, 0.2) is 0 Å². The van der Waals surface area contributed by atoms with E-state index in [1.165, 1.54) is 12.8 Å². The summed E-state index contributed by atoms with van der Waals surface area (Å²) in [6.45, 7) is 4.40. The van der Waals surface area contributed by atoms with Crippen LogP contribution >= 0.6 is 0 Å². The van der Waals surface area contributed by atoms with Crippen LogP contribution < -0.4 is 0 Å². The molecule has 0 radical (unpaired) electrons. The number of piperidine rings is 1. The predicted octanol–water partition coefficient (Wildman–Crippen LogP) is 2.97. The Morgan fingerprint density at radius 2 is 2.29 bits per heavy atom. The molecule has 3 rings (SSSR count). The molecule has 1 unspecified atom stereocenters. The number of hydrogen-bond donors (Lipinski definition) is 1. The van der Waals surface area contributed by atoms with Crippen molar-refractivity contribution in [1.82, 2.24) is 14.3 Å². The maximum atomic E-state index is 11.3. The van der Waals surface area contributed by atoms with Crippen molar-refractivity contribution in [1.29, 1.82) is 0 Å². The second-order valence-electron chi connectivity index (χ2n) is 5.65. The van der Waals surface area contributed by atoms with Crippen LogP contribution in [0.15, 0.2) is 24.5 Å². The van der Waals surface area contributed by atoms with Crippen molar-refractivity contribution in [3.8, 4) is 0 Å². The van der Waals surface area contributed by atoms with Gasteiger partial charge in [0.25, 0.3) is 0 Å². The van der Waals surface area contributed by atoms with Crippen LogP contribution in [0.5, 0.6) is 0 Å². The highest BCUT2D eigenvalue weighted by Crippen LogP contribution is 2.33. The Morgan fingerprint density at radius 1 is 1.43 bits per heavy atom. The van der Waals surface area contributed by atoms with Crippen molar-refractivity contribution in [2.45, 2.75) is 38.6 Å². The molecule has 0 aromatic carbocycles. The molecule has 2 aromatic heterocycles. The molecule has 0 bridgehead atoms. The lowest BCUT2D eigenvalue weighted by Crippen LogP contribution is -2.34. The summed E-state index contributed by atoms with van der Waals surface area (Å²) < 4.78 is 1.69. The van der Waals surface area contributed by atoms with E-state index in [1.54, 1.807) is 22.9 Å². The van der Waals surface area contributed by atoms with E-state index >= 15 is 0 Å². The molecule has 0 saturated carbocycles. The van der Waals surface area contributed by atoms with Crippen LogP contribution in [-0.4, -0.2) is 38.4 Å². The van der Waals surface area contributed by atoms with Gasteiger partial charge in [-0.25, -0.2) is 9.78 Å². The maximum absolute atomic E-state index is 11.3. The minimum absolute atomic E-state index is 0.268. The molecule has 3 heterocycles. The van der Waals surface area contributed by atoms with E-state index in [-0.39, 0.29) is 5.69 Å². The number of carbonyl (C=O) groups is 1. The first-order chi connectivity index (χ1) is 10.2. The third-order valence-corrected chi connectivity index (χ3v) is 4.28. The van der Waals surface area contributed by atoms with Crippen molar-refractivity contribution in [3.63, 3.8) is 0 Å². The molecule has 112 valence electrons. The zero-order valence-corrected chi connectivity index (χ0v) is 12.3. The van der Waals surface area contributed by atoms with Gasteiger partial charge in [0.05, 0.1) is 0 Å². The summed E-state index contributed by atoms with van der Waals surface area (Å²) in [4.78, 5) is 18.2. The fraction of sp³-hybridized carbons (Fsp3) is 0.500. The van der Waals surface area contributed by atoms with Gasteiger partial charge in [-0.15, -0.1) is 0 Å². The molecule has 1 N–H and O–H groups in total. The molecule has 0 spiro atoms. The first-order valence-electron chi connectivity index (χ1n) is 7.65. The van der Waals surface area contributed by atoms with E-state index in [9.17, 15) is 9.90 Å². The van der Waals surface area contributed by atoms with E-state index < -0.39 is 5.97 Å². The van der Waals surface area contributed by atoms with Gasteiger partial charge in [-0.2, -0.15) is 0 Å². The quantitative estimate of drug-likeness (QED) is 0.939. The van der Waals surface area contributed by atoms with Gasteiger partial charge in [-0.1, -0.05) is 19.4 Å². The van der Waals surface area contributed by atoms with Crippen LogP contribution in [-0.2, 0) is 0 Å². The maximum Gasteiger partial charge on any atom is 0.352 e. The SMILES string of the molecule is CCCN1CCCCC1c1ccc(C(=O)O)n2ccnc12. The summed E-state index contributed by atoms with van der Waals surface area (Å²) in [5.41, 5.74) is 2.20. The van der Waals surface area contributed by atoms with Crippen molar-refractivity contribution >= 4 is 11.6 Å². The first kappa shape index (κ1) is 14.1. The number of fused-ring (bicyclic) bond motifs is 1. The molecule has 2 aromatic rings. The van der Waals surface area contributed by atoms with Gasteiger partial charge in [-0.05, 0) is 38.4 Å². The van der Waals surface area contributed by atoms with Crippen molar-refractivity contribution in [2.75, 3.05) is 13.1 Å². The molecule has 1 atom stereocenters. The molecule has 1 aliphatic heterocycles. The van der Waals surface area contributed by atoms with E-state index in [4.69, 9.17) is 0 Å². The van der Waals surface area contributed by atoms with Crippen molar-refractivity contribution in [3.05, 3.63) is 35.8 Å². The van der Waals surface area contributed by atoms with Gasteiger partial charge in [-0.3, -0.25) is 9.30 Å². The lowest BCUT2D eigenvalue weighted by atomic mass is 9.95. The van der Waals surface area contributed by atoms with Crippen LogP contribution in [0.3, 0.4) is 0 Å². The Labute approximate surface area is 124 Å². The number of carboxylic acids is 1. The molecule has 1 aliphatic rings. The normalized spacial score (nSPS) is 20.0. The van der Waals surface area contributed by atoms with Gasteiger partial charge >= 0.3 is 5.97 Å². The average molecular weight is 287 g/mol. The molecular formula is C16H21N3O2. The number of pyridine rings is 1. The van der Waals surface area contributed by atoms with Crippen LogP contribution in [0.1, 0.15) is 54.7 Å². The lowest BCUT2D eigenvalue weighted by molar-refractivity contribution is 0.0688. The Balaban J connectivity index is 2.05.